The van der Waals surface area contributed by atoms with E-state index in [0.717, 1.165) is 12.8 Å². The van der Waals surface area contributed by atoms with Crippen LogP contribution < -0.4 is 24.3 Å². The van der Waals surface area contributed by atoms with Gasteiger partial charge in [0, 0.05) is 29.9 Å². The Morgan fingerprint density at radius 2 is 1.35 bits per heavy atom. The Labute approximate surface area is 261 Å². The van der Waals surface area contributed by atoms with Gasteiger partial charge >= 0.3 is 13.8 Å². The third-order valence-corrected chi connectivity index (χ3v) is 8.75. The first kappa shape index (κ1) is 36.8. The maximum Gasteiger partial charge on any atom is 0.584 e. The number of ether oxygens (including phenoxy) is 2. The van der Waals surface area contributed by atoms with Gasteiger partial charge in [-0.1, -0.05) is 89.7 Å². The minimum Gasteiger partial charge on any atom is -0.496 e. The van der Waals surface area contributed by atoms with E-state index in [2.05, 4.69) is 6.92 Å². The number of rotatable bonds is 24. The number of carbonyl (C=O) groups is 1. The van der Waals surface area contributed by atoms with E-state index in [1.807, 2.05) is 6.26 Å². The lowest BCUT2D eigenvalue weighted by Crippen LogP contribution is -2.37. The second-order valence-corrected chi connectivity index (χ2v) is 12.9. The summed E-state index contributed by atoms with van der Waals surface area (Å²) in [6.45, 7) is 2.77. The zero-order valence-electron chi connectivity index (χ0n) is 25.9. The molecule has 0 aliphatic heterocycles. The van der Waals surface area contributed by atoms with Gasteiger partial charge in [0.15, 0.2) is 0 Å². The Kier molecular flexibility index (Phi) is 17.6. The molecule has 11 heteroatoms. The second kappa shape index (κ2) is 20.5. The third-order valence-electron chi connectivity index (χ3n) is 7.17. The Morgan fingerprint density at radius 3 is 1.88 bits per heavy atom. The lowest BCUT2D eigenvalue weighted by atomic mass is 9.94. The molecule has 0 radical (unpaired) electrons. The van der Waals surface area contributed by atoms with E-state index < -0.39 is 25.8 Å². The van der Waals surface area contributed by atoms with Crippen LogP contribution in [0.2, 0.25) is 0 Å². The fourth-order valence-corrected chi connectivity index (χ4v) is 6.31. The fourth-order valence-electron chi connectivity index (χ4n) is 4.75. The normalized spacial score (nSPS) is 14.0. The number of hydrogen-bond donors (Lipinski definition) is 3. The average Bonchev–Trinajstić information content (AvgIpc) is 2.97. The van der Waals surface area contributed by atoms with Gasteiger partial charge in [0.25, 0.3) is 0 Å². The Bertz CT molecular complexity index is 1120. The summed E-state index contributed by atoms with van der Waals surface area (Å²) in [5.74, 6) is 0.0332. The van der Waals surface area contributed by atoms with E-state index in [4.69, 9.17) is 24.3 Å². The topological polar surface area (TPSA) is 138 Å². The van der Waals surface area contributed by atoms with Gasteiger partial charge in [-0.25, -0.2) is 4.57 Å². The van der Waals surface area contributed by atoms with Crippen molar-refractivity contribution >= 4 is 25.6 Å². The number of unbranched alkanes of at least 4 members (excludes halogenated alkanes) is 11. The molecule has 3 unspecified atom stereocenters. The molecule has 0 bridgehead atoms. The summed E-state index contributed by atoms with van der Waals surface area (Å²) >= 11 is 1.48. The highest BCUT2D eigenvalue weighted by Gasteiger charge is 2.28. The largest absolute Gasteiger partial charge is 0.584 e. The van der Waals surface area contributed by atoms with Crippen LogP contribution in [0.15, 0.2) is 42.5 Å². The van der Waals surface area contributed by atoms with Crippen LogP contribution in [0.4, 0.5) is 0 Å². The summed E-state index contributed by atoms with van der Waals surface area (Å²) in [5, 5.41) is 9.32. The van der Waals surface area contributed by atoms with Gasteiger partial charge in [0.1, 0.15) is 29.0 Å². The van der Waals surface area contributed by atoms with Crippen molar-refractivity contribution in [1.82, 2.24) is 0 Å². The van der Waals surface area contributed by atoms with Gasteiger partial charge in [0.05, 0.1) is 13.7 Å². The van der Waals surface area contributed by atoms with Crippen molar-refractivity contribution in [3.05, 3.63) is 48.0 Å². The van der Waals surface area contributed by atoms with Crippen molar-refractivity contribution in [2.24, 2.45) is 5.73 Å². The van der Waals surface area contributed by atoms with Crippen molar-refractivity contribution in [3.63, 3.8) is 0 Å². The summed E-state index contributed by atoms with van der Waals surface area (Å²) in [7, 11) is -3.08. The number of hydrogen-bond acceptors (Lipinski definition) is 8. The minimum absolute atomic E-state index is 0.0685. The third kappa shape index (κ3) is 14.8. The number of carboxylic acid groups (broad SMARTS) is 1. The molecule has 3 atom stereocenters. The summed E-state index contributed by atoms with van der Waals surface area (Å²) in [6, 6.07) is 9.86. The molecular formula is C32H50NO8PS. The van der Waals surface area contributed by atoms with Crippen LogP contribution in [0.3, 0.4) is 0 Å². The fraction of sp³-hybridized carbons (Fsp3) is 0.594. The minimum atomic E-state index is -4.57. The number of benzene rings is 2. The Balaban J connectivity index is 1.82. The quantitative estimate of drug-likeness (QED) is 0.0761. The number of methoxy groups -OCH3 is 1. The van der Waals surface area contributed by atoms with E-state index in [1.54, 1.807) is 18.2 Å². The monoisotopic (exact) mass is 639 g/mol. The molecule has 43 heavy (non-hydrogen) atoms. The molecule has 4 N–H and O–H groups in total. The maximum absolute atomic E-state index is 12.8. The van der Waals surface area contributed by atoms with Crippen LogP contribution >= 0.6 is 19.6 Å². The van der Waals surface area contributed by atoms with Crippen molar-refractivity contribution in [1.29, 1.82) is 0 Å². The highest BCUT2D eigenvalue weighted by Crippen LogP contribution is 2.46. The van der Waals surface area contributed by atoms with Gasteiger partial charge in [-0.3, -0.25) is 9.69 Å². The first-order valence-electron chi connectivity index (χ1n) is 15.3. The van der Waals surface area contributed by atoms with E-state index in [9.17, 15) is 19.4 Å². The predicted molar refractivity (Wildman–Crippen MR) is 174 cm³/mol. The lowest BCUT2D eigenvalue weighted by Gasteiger charge is -2.21. The molecule has 0 aliphatic carbocycles. The molecule has 0 saturated heterocycles. The number of phosphoric acid groups is 1. The lowest BCUT2D eigenvalue weighted by molar-refractivity contribution is -0.138. The van der Waals surface area contributed by atoms with Crippen LogP contribution in [0.1, 0.15) is 95.5 Å². The maximum atomic E-state index is 12.8. The van der Waals surface area contributed by atoms with Crippen LogP contribution in [-0.2, 0) is 9.36 Å². The zero-order valence-corrected chi connectivity index (χ0v) is 27.6. The molecule has 0 aromatic heterocycles. The summed E-state index contributed by atoms with van der Waals surface area (Å²) in [5.41, 5.74) is 6.55. The zero-order chi connectivity index (χ0) is 31.5. The van der Waals surface area contributed by atoms with Crippen LogP contribution in [0.25, 0.3) is 0 Å². The summed E-state index contributed by atoms with van der Waals surface area (Å²) < 4.78 is 34.6. The first-order valence-corrected chi connectivity index (χ1v) is 18.2. The van der Waals surface area contributed by atoms with Gasteiger partial charge in [-0.15, -0.1) is 0 Å². The smallest absolute Gasteiger partial charge is 0.496 e. The molecule has 2 rings (SSSR count). The molecule has 0 fully saturated rings. The van der Waals surface area contributed by atoms with Crippen LogP contribution in [0.5, 0.6) is 23.0 Å². The van der Waals surface area contributed by atoms with Gasteiger partial charge in [-0.2, -0.15) is 11.8 Å². The van der Waals surface area contributed by atoms with Gasteiger partial charge < -0.3 is 29.4 Å². The molecule has 0 heterocycles. The highest BCUT2D eigenvalue weighted by atomic mass is 32.2. The van der Waals surface area contributed by atoms with E-state index in [1.165, 1.54) is 107 Å². The van der Waals surface area contributed by atoms with Crippen LogP contribution in [-0.4, -0.2) is 47.7 Å². The van der Waals surface area contributed by atoms with Crippen molar-refractivity contribution in [3.8, 4) is 23.0 Å². The SMILES string of the molecule is CCCCCCCCCCCCCCOc1cc(OC)cc(OP(=O)(O)Oc2ccc(C(CSC)C(N)C(=O)O)cc2)c1. The summed E-state index contributed by atoms with van der Waals surface area (Å²) in [6.07, 6.45) is 17.0. The number of phosphoric ester groups is 1. The number of nitrogens with two attached hydrogens (primary N) is 1. The molecular weight excluding hydrogens is 589 g/mol. The van der Waals surface area contributed by atoms with Crippen molar-refractivity contribution in [2.45, 2.75) is 95.9 Å². The average molecular weight is 640 g/mol. The number of aliphatic carboxylic acids is 1. The molecule has 2 aromatic carbocycles. The Hall–Kier alpha value is -2.39. The van der Waals surface area contributed by atoms with Crippen molar-refractivity contribution < 1.29 is 37.9 Å². The molecule has 0 amide bonds. The molecule has 0 aliphatic rings. The van der Waals surface area contributed by atoms with Crippen molar-refractivity contribution in [2.75, 3.05) is 25.7 Å². The molecule has 0 saturated carbocycles. The highest BCUT2D eigenvalue weighted by molar-refractivity contribution is 7.98. The molecule has 242 valence electrons. The molecule has 9 nitrogen and oxygen atoms in total. The molecule has 0 spiro atoms. The standard InChI is InChI=1S/C32H50NO8PS/c1-4-5-6-7-8-9-10-11-12-13-14-15-20-39-28-21-27(38-2)22-29(23-28)41-42(36,37)40-26-18-16-25(17-19-26)30(24-43-3)31(33)32(34)35/h16-19,21-23,30-31H,4-15,20,24,33H2,1-3H3,(H,34,35)(H,36,37). The van der Waals surface area contributed by atoms with Gasteiger partial charge in [0.2, 0.25) is 0 Å². The van der Waals surface area contributed by atoms with Crippen LogP contribution in [0, 0.1) is 0 Å². The number of thioether (sulfide) groups is 1. The van der Waals surface area contributed by atoms with E-state index in [0.29, 0.717) is 29.4 Å². The summed E-state index contributed by atoms with van der Waals surface area (Å²) in [4.78, 5) is 21.8. The first-order chi connectivity index (χ1) is 20.7. The van der Waals surface area contributed by atoms with E-state index >= 15 is 0 Å². The number of carboxylic acids is 1. The predicted octanol–water partition coefficient (Wildman–Crippen LogP) is 8.19. The Morgan fingerprint density at radius 1 is 0.837 bits per heavy atom. The van der Waals surface area contributed by atoms with Gasteiger partial charge in [-0.05, 0) is 30.4 Å². The van der Waals surface area contributed by atoms with E-state index in [-0.39, 0.29) is 11.5 Å². The second-order valence-electron chi connectivity index (χ2n) is 10.7. The molecule has 2 aromatic rings.